The molecule has 1 aromatic carbocycles. The summed E-state index contributed by atoms with van der Waals surface area (Å²) in [4.78, 5) is 18.8. The predicted molar refractivity (Wildman–Crippen MR) is 102 cm³/mol. The maximum atomic E-state index is 14.1. The fourth-order valence-electron chi connectivity index (χ4n) is 3.42. The zero-order valence-electron chi connectivity index (χ0n) is 15.9. The summed E-state index contributed by atoms with van der Waals surface area (Å²) >= 11 is 0. The summed E-state index contributed by atoms with van der Waals surface area (Å²) in [5.74, 6) is -1.25. The molecule has 4 rings (SSSR count). The number of amides is 1. The van der Waals surface area contributed by atoms with Gasteiger partial charge in [0.1, 0.15) is 17.7 Å². The summed E-state index contributed by atoms with van der Waals surface area (Å²) in [6.07, 6.45) is 4.30. The number of likely N-dealkylation sites (tertiary alicyclic amines) is 1. The largest absolute Gasteiger partial charge is 0.474 e. The van der Waals surface area contributed by atoms with E-state index < -0.39 is 11.6 Å². The summed E-state index contributed by atoms with van der Waals surface area (Å²) in [6, 6.07) is 7.33. The average Bonchev–Trinajstić information content (AvgIpc) is 3.19. The van der Waals surface area contributed by atoms with Crippen LogP contribution < -0.4 is 4.74 Å². The second-order valence-electron chi connectivity index (χ2n) is 7.04. The van der Waals surface area contributed by atoms with Crippen LogP contribution in [0.25, 0.3) is 11.3 Å². The number of nitrogens with one attached hydrogen (secondary N) is 1. The normalized spacial score (nSPS) is 14.8. The van der Waals surface area contributed by atoms with Crippen LogP contribution in [0.3, 0.4) is 0 Å². The number of ether oxygens (including phenoxy) is 1. The monoisotopic (exact) mass is 398 g/mol. The van der Waals surface area contributed by atoms with Crippen molar-refractivity contribution in [2.75, 3.05) is 13.1 Å². The summed E-state index contributed by atoms with van der Waals surface area (Å²) in [5, 5.41) is 6.39. The Morgan fingerprint density at radius 1 is 1.14 bits per heavy atom. The minimum Gasteiger partial charge on any atom is -0.474 e. The number of aryl methyl sites for hydroxylation is 1. The molecule has 0 unspecified atom stereocenters. The van der Waals surface area contributed by atoms with E-state index in [4.69, 9.17) is 4.74 Å². The molecule has 0 atom stereocenters. The van der Waals surface area contributed by atoms with Gasteiger partial charge >= 0.3 is 0 Å². The van der Waals surface area contributed by atoms with Gasteiger partial charge in [0, 0.05) is 38.2 Å². The third-order valence-corrected chi connectivity index (χ3v) is 4.98. The summed E-state index contributed by atoms with van der Waals surface area (Å²) < 4.78 is 34.2. The number of H-pyrrole nitrogens is 1. The highest BCUT2D eigenvalue weighted by molar-refractivity contribution is 5.99. The highest BCUT2D eigenvalue weighted by atomic mass is 19.1. The molecule has 2 aromatic heterocycles. The van der Waals surface area contributed by atoms with Crippen LogP contribution in [-0.4, -0.2) is 45.2 Å². The smallest absolute Gasteiger partial charge is 0.257 e. The Labute approximate surface area is 166 Å². The van der Waals surface area contributed by atoms with E-state index in [1.165, 1.54) is 12.3 Å². The third-order valence-electron chi connectivity index (χ3n) is 4.98. The quantitative estimate of drug-likeness (QED) is 0.727. The van der Waals surface area contributed by atoms with Crippen molar-refractivity contribution in [2.45, 2.75) is 25.9 Å². The fourth-order valence-corrected chi connectivity index (χ4v) is 3.42. The van der Waals surface area contributed by atoms with Crippen molar-refractivity contribution in [1.82, 2.24) is 20.1 Å². The number of hydrogen-bond acceptors (Lipinski definition) is 4. The second kappa shape index (κ2) is 7.98. The van der Waals surface area contributed by atoms with E-state index in [1.807, 2.05) is 19.1 Å². The van der Waals surface area contributed by atoms with Crippen molar-refractivity contribution in [3.8, 4) is 17.1 Å². The van der Waals surface area contributed by atoms with Crippen molar-refractivity contribution >= 4 is 5.91 Å². The van der Waals surface area contributed by atoms with Crippen LogP contribution in [0.5, 0.6) is 5.88 Å². The number of carbonyl (C=O) groups excluding carboxylic acids is 1. The Hall–Kier alpha value is -3.29. The summed E-state index contributed by atoms with van der Waals surface area (Å²) in [6.45, 7) is 2.90. The van der Waals surface area contributed by atoms with Gasteiger partial charge in [0.05, 0.1) is 23.0 Å². The summed E-state index contributed by atoms with van der Waals surface area (Å²) in [7, 11) is 0. The van der Waals surface area contributed by atoms with Crippen LogP contribution in [0.15, 0.2) is 42.7 Å². The van der Waals surface area contributed by atoms with E-state index in [-0.39, 0.29) is 28.8 Å². The van der Waals surface area contributed by atoms with Gasteiger partial charge in [-0.3, -0.25) is 9.89 Å². The lowest BCUT2D eigenvalue weighted by atomic mass is 10.0. The molecule has 0 aliphatic carbocycles. The van der Waals surface area contributed by atoms with Gasteiger partial charge in [0.2, 0.25) is 5.88 Å². The van der Waals surface area contributed by atoms with Crippen molar-refractivity contribution in [1.29, 1.82) is 0 Å². The molecule has 0 saturated carbocycles. The molecule has 0 spiro atoms. The van der Waals surface area contributed by atoms with E-state index in [2.05, 4.69) is 15.2 Å². The van der Waals surface area contributed by atoms with E-state index in [1.54, 1.807) is 11.1 Å². The third kappa shape index (κ3) is 3.96. The highest BCUT2D eigenvalue weighted by Crippen LogP contribution is 2.28. The number of halogens is 2. The molecule has 6 nitrogen and oxygen atoms in total. The first-order valence-corrected chi connectivity index (χ1v) is 9.39. The van der Waals surface area contributed by atoms with Crippen LogP contribution in [-0.2, 0) is 0 Å². The Balaban J connectivity index is 1.44. The summed E-state index contributed by atoms with van der Waals surface area (Å²) in [5.41, 5.74) is 0.971. The van der Waals surface area contributed by atoms with Crippen molar-refractivity contribution in [2.24, 2.45) is 0 Å². The lowest BCUT2D eigenvalue weighted by molar-refractivity contribution is 0.0588. The molecule has 3 heterocycles. The zero-order valence-corrected chi connectivity index (χ0v) is 15.9. The number of nitrogens with zero attached hydrogens (tertiary/aromatic N) is 3. The van der Waals surface area contributed by atoms with E-state index >= 15 is 0 Å². The van der Waals surface area contributed by atoms with Crippen LogP contribution in [0.2, 0.25) is 0 Å². The van der Waals surface area contributed by atoms with E-state index in [0.717, 1.165) is 17.7 Å². The van der Waals surface area contributed by atoms with Crippen molar-refractivity contribution in [3.63, 3.8) is 0 Å². The number of hydrogen-bond donors (Lipinski definition) is 1. The molecule has 3 aromatic rings. The van der Waals surface area contributed by atoms with Crippen molar-refractivity contribution in [3.05, 3.63) is 65.5 Å². The number of benzene rings is 1. The Morgan fingerprint density at radius 3 is 2.52 bits per heavy atom. The Kier molecular flexibility index (Phi) is 5.24. The van der Waals surface area contributed by atoms with E-state index in [9.17, 15) is 13.6 Å². The highest BCUT2D eigenvalue weighted by Gasteiger charge is 2.28. The predicted octanol–water partition coefficient (Wildman–Crippen LogP) is 3.74. The number of aromatic nitrogens is 3. The maximum Gasteiger partial charge on any atom is 0.257 e. The minimum atomic E-state index is -0.749. The maximum absolute atomic E-state index is 14.1. The SMILES string of the molecule is Cc1ccc(OC2CCN(C(=O)c3cn[nH]c3-c3c(F)cccc3F)CC2)nc1. The topological polar surface area (TPSA) is 71.1 Å². The van der Waals surface area contributed by atoms with E-state index in [0.29, 0.717) is 31.8 Å². The molecule has 8 heteroatoms. The van der Waals surface area contributed by atoms with Crippen LogP contribution in [0, 0.1) is 18.6 Å². The lowest BCUT2D eigenvalue weighted by Gasteiger charge is -2.32. The first kappa shape index (κ1) is 19.0. The molecule has 29 heavy (non-hydrogen) atoms. The molecule has 0 bridgehead atoms. The number of carbonyl (C=O) groups is 1. The Bertz CT molecular complexity index is 992. The average molecular weight is 398 g/mol. The van der Waals surface area contributed by atoms with Crippen LogP contribution in [0.1, 0.15) is 28.8 Å². The van der Waals surface area contributed by atoms with Gasteiger partial charge < -0.3 is 9.64 Å². The minimum absolute atomic E-state index is 0.0397. The van der Waals surface area contributed by atoms with Gasteiger partial charge in [-0.25, -0.2) is 13.8 Å². The molecule has 150 valence electrons. The first-order chi connectivity index (χ1) is 14.0. The first-order valence-electron chi connectivity index (χ1n) is 9.39. The molecule has 1 N–H and O–H groups in total. The molecule has 1 fully saturated rings. The van der Waals surface area contributed by atoms with Crippen LogP contribution >= 0.6 is 0 Å². The number of rotatable bonds is 4. The lowest BCUT2D eigenvalue weighted by Crippen LogP contribution is -2.42. The number of piperidine rings is 1. The molecule has 1 aliphatic rings. The molecular formula is C21H20F2N4O2. The van der Waals surface area contributed by atoms with Gasteiger partial charge in [0.15, 0.2) is 0 Å². The van der Waals surface area contributed by atoms with Gasteiger partial charge in [-0.05, 0) is 24.6 Å². The number of pyridine rings is 1. The fraction of sp³-hybridized carbons (Fsp3) is 0.286. The number of aromatic amines is 1. The molecule has 1 saturated heterocycles. The van der Waals surface area contributed by atoms with Gasteiger partial charge in [-0.1, -0.05) is 12.1 Å². The van der Waals surface area contributed by atoms with Gasteiger partial charge in [-0.15, -0.1) is 0 Å². The van der Waals surface area contributed by atoms with Crippen molar-refractivity contribution < 1.29 is 18.3 Å². The van der Waals surface area contributed by atoms with Gasteiger partial charge in [0.25, 0.3) is 5.91 Å². The molecular weight excluding hydrogens is 378 g/mol. The molecule has 1 amide bonds. The molecule has 1 aliphatic heterocycles. The second-order valence-corrected chi connectivity index (χ2v) is 7.04. The van der Waals surface area contributed by atoms with Gasteiger partial charge in [-0.2, -0.15) is 5.10 Å². The molecule has 0 radical (unpaired) electrons. The standard InChI is InChI=1S/C21H20F2N4O2/c1-13-5-6-18(24-11-13)29-14-7-9-27(10-8-14)21(28)15-12-25-26-20(15)19-16(22)3-2-4-17(19)23/h2-6,11-12,14H,7-10H2,1H3,(H,25,26). The van der Waals surface area contributed by atoms with Crippen LogP contribution in [0.4, 0.5) is 8.78 Å². The Morgan fingerprint density at radius 2 is 1.86 bits per heavy atom. The zero-order chi connectivity index (χ0) is 20.4.